The fourth-order valence-electron chi connectivity index (χ4n) is 4.68. The predicted molar refractivity (Wildman–Crippen MR) is 121 cm³/mol. The van der Waals surface area contributed by atoms with Crippen LogP contribution in [0.25, 0.3) is 21.8 Å². The average molecular weight is 436 g/mol. The van der Waals surface area contributed by atoms with Crippen molar-refractivity contribution in [2.24, 2.45) is 5.92 Å². The van der Waals surface area contributed by atoms with Crippen LogP contribution >= 0.6 is 11.6 Å². The zero-order chi connectivity index (χ0) is 21.5. The zero-order valence-electron chi connectivity index (χ0n) is 17.1. The molecule has 1 fully saturated rings. The number of amides is 1. The van der Waals surface area contributed by atoms with E-state index in [-0.39, 0.29) is 23.4 Å². The number of fused-ring (bicyclic) bond motifs is 3. The minimum absolute atomic E-state index is 0.0536. The van der Waals surface area contributed by atoms with Crippen molar-refractivity contribution < 1.29 is 9.32 Å². The van der Waals surface area contributed by atoms with Gasteiger partial charge in [-0.2, -0.15) is 0 Å². The summed E-state index contributed by atoms with van der Waals surface area (Å²) in [6, 6.07) is 14.9. The Labute approximate surface area is 183 Å². The molecular formula is C24H22ClN3O3. The van der Waals surface area contributed by atoms with Gasteiger partial charge in [-0.1, -0.05) is 41.0 Å². The number of carbonyl (C=O) groups is 1. The van der Waals surface area contributed by atoms with E-state index >= 15 is 0 Å². The molecule has 2 aromatic carbocycles. The molecule has 0 saturated heterocycles. The van der Waals surface area contributed by atoms with Crippen LogP contribution in [0.4, 0.5) is 0 Å². The minimum atomic E-state index is -0.111. The molecule has 2 atom stereocenters. The molecular weight excluding hydrogens is 414 g/mol. The third kappa shape index (κ3) is 3.51. The Bertz CT molecular complexity index is 1340. The van der Waals surface area contributed by atoms with Gasteiger partial charge in [0.2, 0.25) is 0 Å². The van der Waals surface area contributed by atoms with E-state index in [4.69, 9.17) is 16.1 Å². The van der Waals surface area contributed by atoms with Gasteiger partial charge in [-0.3, -0.25) is 9.59 Å². The number of hydrogen-bond donors (Lipinski definition) is 1. The van der Waals surface area contributed by atoms with Crippen molar-refractivity contribution in [1.82, 2.24) is 15.0 Å². The number of pyridine rings is 1. The summed E-state index contributed by atoms with van der Waals surface area (Å²) in [5, 5.41) is 8.99. The maximum atomic E-state index is 13.3. The molecule has 0 radical (unpaired) electrons. The van der Waals surface area contributed by atoms with E-state index in [1.165, 1.54) is 0 Å². The average Bonchev–Trinajstić information content (AvgIpc) is 3.38. The van der Waals surface area contributed by atoms with Crippen molar-refractivity contribution in [3.63, 3.8) is 0 Å². The fourth-order valence-corrected chi connectivity index (χ4v) is 4.94. The highest BCUT2D eigenvalue weighted by atomic mass is 35.5. The lowest BCUT2D eigenvalue weighted by Crippen LogP contribution is -2.33. The maximum Gasteiger partial charge on any atom is 0.264 e. The number of aryl methyl sites for hydroxylation is 1. The van der Waals surface area contributed by atoms with Crippen molar-refractivity contribution in [3.8, 4) is 0 Å². The summed E-state index contributed by atoms with van der Waals surface area (Å²) in [6.45, 7) is 2.31. The van der Waals surface area contributed by atoms with E-state index in [1.54, 1.807) is 17.6 Å². The molecule has 0 unspecified atom stereocenters. The second-order valence-electron chi connectivity index (χ2n) is 8.23. The van der Waals surface area contributed by atoms with E-state index < -0.39 is 0 Å². The van der Waals surface area contributed by atoms with Crippen LogP contribution in [0, 0.1) is 12.8 Å². The monoisotopic (exact) mass is 435 g/mol. The first-order valence-corrected chi connectivity index (χ1v) is 10.8. The summed E-state index contributed by atoms with van der Waals surface area (Å²) >= 11 is 6.48. The second-order valence-corrected chi connectivity index (χ2v) is 8.63. The minimum Gasteiger partial charge on any atom is -0.360 e. The van der Waals surface area contributed by atoms with Crippen LogP contribution in [-0.4, -0.2) is 21.7 Å². The summed E-state index contributed by atoms with van der Waals surface area (Å²) in [6.07, 6.45) is 2.66. The SMILES string of the molecule is Cc1onc2c1c(=O)n(C[C@@H]1CC[C@H](NC(=O)c3ccccc3)C1)c1cccc(Cl)c21. The molecule has 0 bridgehead atoms. The van der Waals surface area contributed by atoms with Gasteiger partial charge in [-0.05, 0) is 56.4 Å². The van der Waals surface area contributed by atoms with Gasteiger partial charge in [-0.15, -0.1) is 0 Å². The number of halogens is 1. The zero-order valence-corrected chi connectivity index (χ0v) is 17.9. The topological polar surface area (TPSA) is 77.1 Å². The van der Waals surface area contributed by atoms with E-state index in [2.05, 4.69) is 10.5 Å². The molecule has 5 rings (SSSR count). The molecule has 0 spiro atoms. The number of carbonyl (C=O) groups excluding carboxylic acids is 1. The summed E-state index contributed by atoms with van der Waals surface area (Å²) in [5.41, 5.74) is 1.82. The number of nitrogens with one attached hydrogen (secondary N) is 1. The maximum absolute atomic E-state index is 13.3. The Hall–Kier alpha value is -3.12. The first-order valence-electron chi connectivity index (χ1n) is 10.5. The van der Waals surface area contributed by atoms with E-state index in [9.17, 15) is 9.59 Å². The molecule has 7 heteroatoms. The van der Waals surface area contributed by atoms with Gasteiger partial charge in [0.25, 0.3) is 11.5 Å². The van der Waals surface area contributed by atoms with Crippen LogP contribution in [0.3, 0.4) is 0 Å². The van der Waals surface area contributed by atoms with E-state index in [0.29, 0.717) is 33.8 Å². The first kappa shape index (κ1) is 19.8. The number of rotatable bonds is 4. The molecule has 2 aromatic heterocycles. The van der Waals surface area contributed by atoms with Crippen molar-refractivity contribution >= 4 is 39.3 Å². The largest absolute Gasteiger partial charge is 0.360 e. The third-order valence-corrected chi connectivity index (χ3v) is 6.51. The standard InChI is InChI=1S/C24H22ClN3O3/c1-14-20-22(27-31-14)21-18(25)8-5-9-19(21)28(24(20)30)13-15-10-11-17(12-15)26-23(29)16-6-3-2-4-7-16/h2-9,15,17H,10-13H2,1H3,(H,26,29)/t15-,17+/m1/s1. The Morgan fingerprint density at radius 1 is 1.16 bits per heavy atom. The lowest BCUT2D eigenvalue weighted by atomic mass is 10.1. The van der Waals surface area contributed by atoms with Crippen molar-refractivity contribution in [3.05, 3.63) is 75.2 Å². The number of benzene rings is 2. The number of hydrogen-bond acceptors (Lipinski definition) is 4. The summed E-state index contributed by atoms with van der Waals surface area (Å²) in [4.78, 5) is 25.8. The molecule has 1 N–H and O–H groups in total. The lowest BCUT2D eigenvalue weighted by molar-refractivity contribution is 0.0937. The van der Waals surface area contributed by atoms with Crippen LogP contribution in [-0.2, 0) is 6.54 Å². The summed E-state index contributed by atoms with van der Waals surface area (Å²) in [7, 11) is 0. The lowest BCUT2D eigenvalue weighted by Gasteiger charge is -2.17. The molecule has 158 valence electrons. The van der Waals surface area contributed by atoms with Crippen molar-refractivity contribution in [1.29, 1.82) is 0 Å². The Kier molecular flexibility index (Phi) is 5.02. The second kappa shape index (κ2) is 7.85. The van der Waals surface area contributed by atoms with E-state index in [0.717, 1.165) is 30.2 Å². The summed E-state index contributed by atoms with van der Waals surface area (Å²) in [5.74, 6) is 0.718. The normalized spacial score (nSPS) is 18.6. The Morgan fingerprint density at radius 3 is 2.77 bits per heavy atom. The van der Waals surface area contributed by atoms with Gasteiger partial charge in [0.15, 0.2) is 0 Å². The number of nitrogens with zero attached hydrogens (tertiary/aromatic N) is 2. The highest BCUT2D eigenvalue weighted by Crippen LogP contribution is 2.32. The molecule has 1 saturated carbocycles. The Balaban J connectivity index is 1.43. The van der Waals surface area contributed by atoms with Crippen LogP contribution in [0.1, 0.15) is 35.4 Å². The van der Waals surface area contributed by atoms with Crippen LogP contribution in [0.2, 0.25) is 5.02 Å². The van der Waals surface area contributed by atoms with Gasteiger partial charge >= 0.3 is 0 Å². The molecule has 2 heterocycles. The van der Waals surface area contributed by atoms with Crippen molar-refractivity contribution in [2.75, 3.05) is 0 Å². The predicted octanol–water partition coefficient (Wildman–Crippen LogP) is 4.70. The van der Waals surface area contributed by atoms with Gasteiger partial charge in [0.05, 0.1) is 10.5 Å². The molecule has 1 amide bonds. The van der Waals surface area contributed by atoms with Gasteiger partial charge in [0.1, 0.15) is 16.7 Å². The molecule has 1 aliphatic rings. The molecule has 1 aliphatic carbocycles. The number of aromatic nitrogens is 2. The van der Waals surface area contributed by atoms with Crippen molar-refractivity contribution in [2.45, 2.75) is 38.8 Å². The van der Waals surface area contributed by atoms with Crippen LogP contribution < -0.4 is 10.9 Å². The molecule has 0 aliphatic heterocycles. The van der Waals surface area contributed by atoms with Crippen LogP contribution in [0.15, 0.2) is 57.8 Å². The van der Waals surface area contributed by atoms with Crippen LogP contribution in [0.5, 0.6) is 0 Å². The molecule has 4 aromatic rings. The third-order valence-electron chi connectivity index (χ3n) is 6.19. The van der Waals surface area contributed by atoms with E-state index in [1.807, 2.05) is 42.5 Å². The fraction of sp³-hybridized carbons (Fsp3) is 0.292. The highest BCUT2D eigenvalue weighted by Gasteiger charge is 2.28. The van der Waals surface area contributed by atoms with Gasteiger partial charge in [0, 0.05) is 23.5 Å². The van der Waals surface area contributed by atoms with Gasteiger partial charge in [-0.25, -0.2) is 0 Å². The summed E-state index contributed by atoms with van der Waals surface area (Å²) < 4.78 is 7.11. The first-order chi connectivity index (χ1) is 15.0. The van der Waals surface area contributed by atoms with Gasteiger partial charge < -0.3 is 14.4 Å². The molecule has 6 nitrogen and oxygen atoms in total. The molecule has 31 heavy (non-hydrogen) atoms. The highest BCUT2D eigenvalue weighted by molar-refractivity contribution is 6.37. The Morgan fingerprint density at radius 2 is 1.97 bits per heavy atom. The smallest absolute Gasteiger partial charge is 0.264 e. The quantitative estimate of drug-likeness (QED) is 0.504.